The number of hydrogen-bond acceptors (Lipinski definition) is 4. The lowest BCUT2D eigenvalue weighted by Gasteiger charge is -2.13. The van der Waals surface area contributed by atoms with Gasteiger partial charge >= 0.3 is 12.1 Å². The summed E-state index contributed by atoms with van der Waals surface area (Å²) >= 11 is 0. The van der Waals surface area contributed by atoms with Crippen LogP contribution < -0.4 is 21.3 Å². The quantitative estimate of drug-likeness (QED) is 0.580. The zero-order chi connectivity index (χ0) is 22.6. The van der Waals surface area contributed by atoms with E-state index in [0.717, 1.165) is 12.1 Å². The summed E-state index contributed by atoms with van der Waals surface area (Å²) < 4.78 is 55.8. The van der Waals surface area contributed by atoms with Crippen molar-refractivity contribution >= 4 is 5.91 Å². The van der Waals surface area contributed by atoms with E-state index in [4.69, 9.17) is 0 Å². The summed E-state index contributed by atoms with van der Waals surface area (Å²) in [5, 5.41) is 2.31. The van der Waals surface area contributed by atoms with E-state index in [1.165, 1.54) is 36.4 Å². The predicted molar refractivity (Wildman–Crippen MR) is 101 cm³/mol. The Morgan fingerprint density at radius 2 is 1.68 bits per heavy atom. The standard InChI is InChI=1S/C20H15F4N3O4/c21-14-7-3-1-6-13(14)11-27-17(28)9-15(26-19(27)30)18(29)25-10-12-5-2-4-8-16(12)31-20(22,23)24/h1-9H,10-11H2,(H,25,29)(H,26,30). The number of halogens is 4. The number of ether oxygens (including phenoxy) is 1. The van der Waals surface area contributed by atoms with Crippen molar-refractivity contribution in [3.05, 3.63) is 98.1 Å². The van der Waals surface area contributed by atoms with Gasteiger partial charge in [0.15, 0.2) is 0 Å². The molecule has 0 aliphatic carbocycles. The highest BCUT2D eigenvalue weighted by Crippen LogP contribution is 2.26. The van der Waals surface area contributed by atoms with Gasteiger partial charge in [-0.1, -0.05) is 36.4 Å². The van der Waals surface area contributed by atoms with E-state index in [9.17, 15) is 31.9 Å². The van der Waals surface area contributed by atoms with E-state index in [2.05, 4.69) is 15.0 Å². The van der Waals surface area contributed by atoms with Gasteiger partial charge in [-0.15, -0.1) is 13.2 Å². The number of alkyl halides is 3. The zero-order valence-electron chi connectivity index (χ0n) is 15.7. The highest BCUT2D eigenvalue weighted by Gasteiger charge is 2.32. The molecule has 3 aromatic rings. The smallest absolute Gasteiger partial charge is 0.405 e. The maximum atomic E-state index is 13.8. The normalized spacial score (nSPS) is 11.2. The van der Waals surface area contributed by atoms with Gasteiger partial charge in [-0.3, -0.25) is 14.2 Å². The lowest BCUT2D eigenvalue weighted by Crippen LogP contribution is -2.38. The Kier molecular flexibility index (Phi) is 6.23. The first-order chi connectivity index (χ1) is 14.6. The molecule has 0 aliphatic rings. The van der Waals surface area contributed by atoms with Crippen molar-refractivity contribution in [2.75, 3.05) is 0 Å². The fraction of sp³-hybridized carbons (Fsp3) is 0.150. The minimum atomic E-state index is -4.91. The average Bonchev–Trinajstić information content (AvgIpc) is 2.69. The van der Waals surface area contributed by atoms with Crippen molar-refractivity contribution in [2.45, 2.75) is 19.5 Å². The number of benzene rings is 2. The molecule has 0 atom stereocenters. The monoisotopic (exact) mass is 437 g/mol. The Balaban J connectivity index is 1.76. The van der Waals surface area contributed by atoms with E-state index >= 15 is 0 Å². The van der Waals surface area contributed by atoms with Crippen LogP contribution in [0, 0.1) is 5.82 Å². The molecule has 2 N–H and O–H groups in total. The van der Waals surface area contributed by atoms with Crippen LogP contribution in [0.15, 0.2) is 64.2 Å². The second-order valence-electron chi connectivity index (χ2n) is 6.34. The molecule has 11 heteroatoms. The number of rotatable bonds is 6. The Labute approximate surface area is 171 Å². The molecule has 1 aromatic heterocycles. The molecule has 3 rings (SSSR count). The maximum Gasteiger partial charge on any atom is 0.573 e. The number of carbonyl (C=O) groups excluding carboxylic acids is 1. The third-order valence-electron chi connectivity index (χ3n) is 4.19. The molecule has 7 nitrogen and oxygen atoms in total. The molecule has 0 unspecified atom stereocenters. The van der Waals surface area contributed by atoms with Gasteiger partial charge in [0.05, 0.1) is 6.54 Å². The molecule has 0 saturated carbocycles. The number of hydrogen-bond donors (Lipinski definition) is 2. The molecule has 162 valence electrons. The molecular weight excluding hydrogens is 422 g/mol. The molecule has 0 spiro atoms. The summed E-state index contributed by atoms with van der Waals surface area (Å²) in [6, 6.07) is 11.6. The first kappa shape index (κ1) is 21.8. The fourth-order valence-electron chi connectivity index (χ4n) is 2.73. The first-order valence-electron chi connectivity index (χ1n) is 8.83. The van der Waals surface area contributed by atoms with E-state index in [0.29, 0.717) is 4.57 Å². The fourth-order valence-corrected chi connectivity index (χ4v) is 2.73. The number of nitrogens with one attached hydrogen (secondary N) is 2. The number of amides is 1. The van der Waals surface area contributed by atoms with Crippen molar-refractivity contribution < 1.29 is 27.1 Å². The Hall–Kier alpha value is -3.89. The van der Waals surface area contributed by atoms with Gasteiger partial charge in [0.2, 0.25) is 0 Å². The largest absolute Gasteiger partial charge is 0.573 e. The van der Waals surface area contributed by atoms with Crippen molar-refractivity contribution in [2.24, 2.45) is 0 Å². The van der Waals surface area contributed by atoms with Crippen molar-refractivity contribution in [1.82, 2.24) is 14.9 Å². The molecule has 0 radical (unpaired) electrons. The van der Waals surface area contributed by atoms with Crippen LogP contribution in [-0.2, 0) is 13.1 Å². The van der Waals surface area contributed by atoms with Crippen LogP contribution in [-0.4, -0.2) is 21.8 Å². The second kappa shape index (κ2) is 8.86. The van der Waals surface area contributed by atoms with E-state index in [1.54, 1.807) is 6.07 Å². The molecular formula is C20H15F4N3O4. The number of para-hydroxylation sites is 1. The Morgan fingerprint density at radius 3 is 2.32 bits per heavy atom. The minimum absolute atomic E-state index is 0.0309. The Bertz CT molecular complexity index is 1190. The van der Waals surface area contributed by atoms with Gasteiger partial charge in [-0.2, -0.15) is 0 Å². The number of H-pyrrole nitrogens is 1. The molecule has 0 aliphatic heterocycles. The van der Waals surface area contributed by atoms with Crippen LogP contribution in [0.1, 0.15) is 21.6 Å². The van der Waals surface area contributed by atoms with E-state index in [1.807, 2.05) is 0 Å². The summed E-state index contributed by atoms with van der Waals surface area (Å²) in [5.41, 5.74) is -2.05. The van der Waals surface area contributed by atoms with Crippen LogP contribution in [0.5, 0.6) is 5.75 Å². The second-order valence-corrected chi connectivity index (χ2v) is 6.34. The van der Waals surface area contributed by atoms with Gasteiger partial charge < -0.3 is 15.0 Å². The van der Waals surface area contributed by atoms with Crippen molar-refractivity contribution in [3.8, 4) is 5.75 Å². The number of nitrogens with zero attached hydrogens (tertiary/aromatic N) is 1. The summed E-state index contributed by atoms with van der Waals surface area (Å²) in [6.07, 6.45) is -4.91. The van der Waals surface area contributed by atoms with Gasteiger partial charge in [0.25, 0.3) is 11.5 Å². The highest BCUT2D eigenvalue weighted by atomic mass is 19.4. The van der Waals surface area contributed by atoms with Crippen molar-refractivity contribution in [3.63, 3.8) is 0 Å². The SMILES string of the molecule is O=C(NCc1ccccc1OC(F)(F)F)c1cc(=O)n(Cc2ccccc2F)c(=O)[nH]1. The van der Waals surface area contributed by atoms with E-state index < -0.39 is 40.8 Å². The lowest BCUT2D eigenvalue weighted by molar-refractivity contribution is -0.274. The van der Waals surface area contributed by atoms with Crippen LogP contribution in [0.4, 0.5) is 17.6 Å². The molecule has 2 aromatic carbocycles. The average molecular weight is 437 g/mol. The van der Waals surface area contributed by atoms with Crippen LogP contribution in [0.25, 0.3) is 0 Å². The first-order valence-corrected chi connectivity index (χ1v) is 8.83. The topological polar surface area (TPSA) is 93.2 Å². The number of carbonyl (C=O) groups is 1. The molecule has 0 bridgehead atoms. The Morgan fingerprint density at radius 1 is 1.03 bits per heavy atom. The van der Waals surface area contributed by atoms with Crippen LogP contribution in [0.2, 0.25) is 0 Å². The summed E-state index contributed by atoms with van der Waals surface area (Å²) in [6.45, 7) is -0.698. The summed E-state index contributed by atoms with van der Waals surface area (Å²) in [7, 11) is 0. The molecule has 1 amide bonds. The van der Waals surface area contributed by atoms with Gasteiger partial charge in [-0.25, -0.2) is 9.18 Å². The number of aromatic amines is 1. The highest BCUT2D eigenvalue weighted by molar-refractivity contribution is 5.92. The maximum absolute atomic E-state index is 13.8. The predicted octanol–water partition coefficient (Wildman–Crippen LogP) is 2.55. The van der Waals surface area contributed by atoms with E-state index in [-0.39, 0.29) is 24.2 Å². The van der Waals surface area contributed by atoms with Gasteiger partial charge in [0, 0.05) is 23.7 Å². The van der Waals surface area contributed by atoms with Crippen LogP contribution in [0.3, 0.4) is 0 Å². The molecule has 0 fully saturated rings. The molecule has 31 heavy (non-hydrogen) atoms. The molecule has 1 heterocycles. The number of aromatic nitrogens is 2. The summed E-state index contributed by atoms with van der Waals surface area (Å²) in [5.74, 6) is -1.99. The van der Waals surface area contributed by atoms with Crippen LogP contribution >= 0.6 is 0 Å². The van der Waals surface area contributed by atoms with Gasteiger partial charge in [-0.05, 0) is 12.1 Å². The zero-order valence-corrected chi connectivity index (χ0v) is 15.7. The minimum Gasteiger partial charge on any atom is -0.405 e. The summed E-state index contributed by atoms with van der Waals surface area (Å²) in [4.78, 5) is 39.0. The van der Waals surface area contributed by atoms with Crippen molar-refractivity contribution in [1.29, 1.82) is 0 Å². The van der Waals surface area contributed by atoms with Gasteiger partial charge in [0.1, 0.15) is 17.3 Å². The lowest BCUT2D eigenvalue weighted by atomic mass is 10.2. The molecule has 0 saturated heterocycles. The third-order valence-corrected chi connectivity index (χ3v) is 4.19. The third kappa shape index (κ3) is 5.59.